The molecular weight excluding hydrogens is 825 g/mol. The molecule has 0 saturated heterocycles. The topological polar surface area (TPSA) is 35.6 Å². The summed E-state index contributed by atoms with van der Waals surface area (Å²) in [6, 6.07) is 89.5. The predicted octanol–water partition coefficient (Wildman–Crippen LogP) is 16.7. The fourth-order valence-corrected chi connectivity index (χ4v) is 10.1. The first kappa shape index (κ1) is 39.3. The molecule has 4 nitrogen and oxygen atoms in total. The molecule has 0 aliphatic rings. The quantitative estimate of drug-likeness (QED) is 0.153. The fourth-order valence-electron chi connectivity index (χ4n) is 10.1. The van der Waals surface area contributed by atoms with Crippen LogP contribution in [0.15, 0.2) is 255 Å². The third-order valence-corrected chi connectivity index (χ3v) is 13.3. The van der Waals surface area contributed by atoms with E-state index in [1.54, 1.807) is 0 Å². The van der Waals surface area contributed by atoms with E-state index in [1.807, 2.05) is 30.5 Å². The van der Waals surface area contributed by atoms with Gasteiger partial charge in [0.05, 0.1) is 39.1 Å². The third kappa shape index (κ3) is 6.86. The van der Waals surface area contributed by atoms with Crippen LogP contribution in [0, 0.1) is 0 Å². The highest BCUT2D eigenvalue weighted by molar-refractivity contribution is 6.12. The molecule has 0 spiro atoms. The van der Waals surface area contributed by atoms with Gasteiger partial charge in [-0.25, -0.2) is 4.98 Å². The summed E-state index contributed by atoms with van der Waals surface area (Å²) in [6.45, 7) is 0. The van der Waals surface area contributed by atoms with Gasteiger partial charge in [-0.1, -0.05) is 152 Å². The maximum atomic E-state index is 5.08. The van der Waals surface area contributed by atoms with E-state index in [1.165, 1.54) is 49.2 Å². The molecule has 0 radical (unpaired) electrons. The molecule has 4 heteroatoms. The lowest BCUT2D eigenvalue weighted by Crippen LogP contribution is -1.93. The lowest BCUT2D eigenvalue weighted by atomic mass is 9.91. The van der Waals surface area contributed by atoms with E-state index in [2.05, 4.69) is 239 Å². The van der Waals surface area contributed by atoms with Crippen molar-refractivity contribution in [3.63, 3.8) is 0 Å². The summed E-state index contributed by atoms with van der Waals surface area (Å²) in [5.74, 6) is 0. The fraction of sp³-hybridized carbons (Fsp3) is 0. The van der Waals surface area contributed by atoms with Crippen molar-refractivity contribution in [2.75, 3.05) is 0 Å². The van der Waals surface area contributed by atoms with Gasteiger partial charge in [-0.05, 0) is 142 Å². The Kier molecular flexibility index (Phi) is 9.47. The predicted molar refractivity (Wildman–Crippen MR) is 283 cm³/mol. The SMILES string of the molecule is c1ccc(-c2cc(-c3ccc(-c4cc(-c5ccc6c(c5)c5ccccc5n6-c5ccccc5)cc(-c5ccc6c7ccccc7n(-c7ccccc7)c6c5)c4)cc3)cc(-c3ccccn3)n2)cc1. The number of nitrogens with zero attached hydrogens (tertiary/aromatic N) is 4. The van der Waals surface area contributed by atoms with Crippen LogP contribution in [-0.2, 0) is 0 Å². The van der Waals surface area contributed by atoms with Crippen LogP contribution in [-0.4, -0.2) is 19.1 Å². The smallest absolute Gasteiger partial charge is 0.0899 e. The number of rotatable bonds is 8. The summed E-state index contributed by atoms with van der Waals surface area (Å²) in [6.07, 6.45) is 1.82. The number of hydrogen-bond acceptors (Lipinski definition) is 2. The van der Waals surface area contributed by atoms with Crippen molar-refractivity contribution in [1.29, 1.82) is 0 Å². The highest BCUT2D eigenvalue weighted by Gasteiger charge is 2.17. The molecule has 13 rings (SSSR count). The lowest BCUT2D eigenvalue weighted by molar-refractivity contribution is 1.18. The minimum atomic E-state index is 0.843. The van der Waals surface area contributed by atoms with Crippen LogP contribution in [0.4, 0.5) is 0 Å². The molecule has 0 atom stereocenters. The average molecular weight is 867 g/mol. The standard InChI is InChI=1S/C64H42N4/c1-4-16-45(17-5-1)59-40-51(41-60(66-59)58-24-14-15-35-65-58)44-29-27-43(28-30-44)48-36-49(46-32-34-63-57(39-46)55-23-11-13-26-62(55)67(63)52-18-6-2-7-19-52)38-50(37-48)47-31-33-56-54-22-10-12-25-61(54)68(64(56)42-47)53-20-8-3-9-21-53/h1-42H. The van der Waals surface area contributed by atoms with Crippen molar-refractivity contribution in [2.45, 2.75) is 0 Å². The molecule has 4 heterocycles. The van der Waals surface area contributed by atoms with Crippen LogP contribution in [0.25, 0.3) is 122 Å². The molecule has 0 amide bonds. The zero-order chi connectivity index (χ0) is 45.0. The first-order valence-electron chi connectivity index (χ1n) is 23.1. The Morgan fingerprint density at radius 2 is 0.691 bits per heavy atom. The number of hydrogen-bond donors (Lipinski definition) is 0. The van der Waals surface area contributed by atoms with E-state index in [0.29, 0.717) is 0 Å². The molecule has 0 aliphatic carbocycles. The highest BCUT2D eigenvalue weighted by atomic mass is 15.0. The Morgan fingerprint density at radius 3 is 1.32 bits per heavy atom. The van der Waals surface area contributed by atoms with Gasteiger partial charge in [0, 0.05) is 44.7 Å². The minimum absolute atomic E-state index is 0.843. The third-order valence-electron chi connectivity index (χ3n) is 13.3. The molecule has 318 valence electrons. The van der Waals surface area contributed by atoms with Gasteiger partial charge >= 0.3 is 0 Å². The van der Waals surface area contributed by atoms with Crippen LogP contribution in [0.5, 0.6) is 0 Å². The van der Waals surface area contributed by atoms with E-state index in [0.717, 1.165) is 73.0 Å². The monoisotopic (exact) mass is 866 g/mol. The van der Waals surface area contributed by atoms with E-state index in [4.69, 9.17) is 4.98 Å². The molecule has 0 bridgehead atoms. The number of para-hydroxylation sites is 4. The highest BCUT2D eigenvalue weighted by Crippen LogP contribution is 2.41. The summed E-state index contributed by atoms with van der Waals surface area (Å²) >= 11 is 0. The Labute approximate surface area is 394 Å². The van der Waals surface area contributed by atoms with Gasteiger partial charge in [0.25, 0.3) is 0 Å². The second-order valence-corrected chi connectivity index (χ2v) is 17.4. The second-order valence-electron chi connectivity index (χ2n) is 17.4. The van der Waals surface area contributed by atoms with Crippen molar-refractivity contribution < 1.29 is 0 Å². The summed E-state index contributed by atoms with van der Waals surface area (Å²) in [5.41, 5.74) is 19.8. The molecule has 4 aromatic heterocycles. The van der Waals surface area contributed by atoms with Gasteiger partial charge in [-0.3, -0.25) is 4.98 Å². The molecule has 68 heavy (non-hydrogen) atoms. The first-order chi connectivity index (χ1) is 33.7. The van der Waals surface area contributed by atoms with Gasteiger partial charge in [-0.15, -0.1) is 0 Å². The van der Waals surface area contributed by atoms with Gasteiger partial charge in [-0.2, -0.15) is 0 Å². The molecule has 0 fully saturated rings. The molecular formula is C64H42N4. The molecule has 0 aliphatic heterocycles. The number of benzene rings is 9. The zero-order valence-corrected chi connectivity index (χ0v) is 37.0. The maximum Gasteiger partial charge on any atom is 0.0899 e. The van der Waals surface area contributed by atoms with Gasteiger partial charge in [0.15, 0.2) is 0 Å². The Bertz CT molecular complexity index is 3930. The first-order valence-corrected chi connectivity index (χ1v) is 23.1. The van der Waals surface area contributed by atoms with E-state index in [-0.39, 0.29) is 0 Å². The zero-order valence-electron chi connectivity index (χ0n) is 37.0. The van der Waals surface area contributed by atoms with Crippen LogP contribution < -0.4 is 0 Å². The number of pyridine rings is 2. The van der Waals surface area contributed by atoms with Crippen molar-refractivity contribution in [3.8, 4) is 78.5 Å². The molecule has 9 aromatic carbocycles. The average Bonchev–Trinajstić information content (AvgIpc) is 3.94. The van der Waals surface area contributed by atoms with E-state index >= 15 is 0 Å². The molecule has 0 unspecified atom stereocenters. The normalized spacial score (nSPS) is 11.5. The van der Waals surface area contributed by atoms with Crippen LogP contribution >= 0.6 is 0 Å². The Morgan fingerprint density at radius 1 is 0.235 bits per heavy atom. The van der Waals surface area contributed by atoms with E-state index < -0.39 is 0 Å². The van der Waals surface area contributed by atoms with Crippen molar-refractivity contribution in [1.82, 2.24) is 19.1 Å². The molecule has 13 aromatic rings. The lowest BCUT2D eigenvalue weighted by Gasteiger charge is -2.14. The largest absolute Gasteiger partial charge is 0.309 e. The van der Waals surface area contributed by atoms with Crippen LogP contribution in [0.1, 0.15) is 0 Å². The van der Waals surface area contributed by atoms with Gasteiger partial charge < -0.3 is 9.13 Å². The van der Waals surface area contributed by atoms with Gasteiger partial charge in [0.2, 0.25) is 0 Å². The number of aromatic nitrogens is 4. The van der Waals surface area contributed by atoms with Crippen molar-refractivity contribution in [3.05, 3.63) is 255 Å². The second kappa shape index (κ2) is 16.4. The van der Waals surface area contributed by atoms with E-state index in [9.17, 15) is 0 Å². The Balaban J connectivity index is 0.980. The van der Waals surface area contributed by atoms with Crippen LogP contribution in [0.3, 0.4) is 0 Å². The maximum absolute atomic E-state index is 5.08. The molecule has 0 N–H and O–H groups in total. The van der Waals surface area contributed by atoms with Crippen LogP contribution in [0.2, 0.25) is 0 Å². The molecule has 0 saturated carbocycles. The number of fused-ring (bicyclic) bond motifs is 6. The summed E-state index contributed by atoms with van der Waals surface area (Å²) < 4.78 is 4.78. The summed E-state index contributed by atoms with van der Waals surface area (Å²) in [7, 11) is 0. The van der Waals surface area contributed by atoms with Gasteiger partial charge in [0.1, 0.15) is 0 Å². The van der Waals surface area contributed by atoms with Crippen molar-refractivity contribution >= 4 is 43.6 Å². The summed E-state index contributed by atoms with van der Waals surface area (Å²) in [5, 5.41) is 4.94. The minimum Gasteiger partial charge on any atom is -0.309 e. The Hall–Kier alpha value is -9.12. The summed E-state index contributed by atoms with van der Waals surface area (Å²) in [4.78, 5) is 9.75. The van der Waals surface area contributed by atoms with Crippen molar-refractivity contribution in [2.24, 2.45) is 0 Å².